The number of nitrogens with one attached hydrogen (secondary N) is 1. The van der Waals surface area contributed by atoms with Crippen molar-refractivity contribution < 1.29 is 4.92 Å². The number of anilines is 1. The van der Waals surface area contributed by atoms with E-state index in [4.69, 9.17) is 5.26 Å². The lowest BCUT2D eigenvalue weighted by Gasteiger charge is -2.05. The van der Waals surface area contributed by atoms with E-state index in [1.807, 2.05) is 25.1 Å². The van der Waals surface area contributed by atoms with Crippen LogP contribution >= 0.6 is 11.3 Å². The zero-order valence-corrected chi connectivity index (χ0v) is 11.0. The number of rotatable bonds is 4. The van der Waals surface area contributed by atoms with Gasteiger partial charge in [0.25, 0.3) is 5.69 Å². The normalized spacial score (nSPS) is 9.89. The van der Waals surface area contributed by atoms with Crippen LogP contribution < -0.4 is 5.32 Å². The summed E-state index contributed by atoms with van der Waals surface area (Å²) in [5.74, 6) is 0. The summed E-state index contributed by atoms with van der Waals surface area (Å²) >= 11 is 1.64. The van der Waals surface area contributed by atoms with Gasteiger partial charge in [-0.3, -0.25) is 10.1 Å². The fourth-order valence-corrected chi connectivity index (χ4v) is 2.49. The molecule has 1 aromatic carbocycles. The first-order valence-electron chi connectivity index (χ1n) is 5.58. The summed E-state index contributed by atoms with van der Waals surface area (Å²) in [6, 6.07) is 10.3. The predicted octanol–water partition coefficient (Wildman–Crippen LogP) is 3.45. The molecule has 2 rings (SSSR count). The minimum atomic E-state index is -0.483. The highest BCUT2D eigenvalue weighted by Gasteiger charge is 2.14. The van der Waals surface area contributed by atoms with E-state index in [0.717, 1.165) is 4.88 Å². The van der Waals surface area contributed by atoms with Gasteiger partial charge in [0, 0.05) is 22.4 Å². The summed E-state index contributed by atoms with van der Waals surface area (Å²) < 4.78 is 0. The Morgan fingerprint density at radius 2 is 2.21 bits per heavy atom. The van der Waals surface area contributed by atoms with Gasteiger partial charge in [0.1, 0.15) is 5.69 Å². The van der Waals surface area contributed by atoms with Crippen LogP contribution in [0.15, 0.2) is 30.3 Å². The average molecular weight is 273 g/mol. The maximum Gasteiger partial charge on any atom is 0.293 e. The molecule has 0 atom stereocenters. The molecule has 1 N–H and O–H groups in total. The number of nitrogens with zero attached hydrogens (tertiary/aromatic N) is 2. The maximum atomic E-state index is 11.0. The van der Waals surface area contributed by atoms with Crippen molar-refractivity contribution in [3.63, 3.8) is 0 Å². The summed E-state index contributed by atoms with van der Waals surface area (Å²) in [4.78, 5) is 12.8. The molecule has 6 heteroatoms. The number of benzene rings is 1. The maximum absolute atomic E-state index is 11.0. The molecular formula is C13H11N3O2S. The van der Waals surface area contributed by atoms with E-state index in [9.17, 15) is 10.1 Å². The minimum Gasteiger partial charge on any atom is -0.375 e. The Balaban J connectivity index is 2.20. The van der Waals surface area contributed by atoms with Crippen LogP contribution in [0.4, 0.5) is 11.4 Å². The Hall–Kier alpha value is -2.39. The second-order valence-electron chi connectivity index (χ2n) is 3.97. The molecule has 0 bridgehead atoms. The highest BCUT2D eigenvalue weighted by atomic mass is 32.1. The van der Waals surface area contributed by atoms with Gasteiger partial charge >= 0.3 is 0 Å². The number of hydrogen-bond donors (Lipinski definition) is 1. The van der Waals surface area contributed by atoms with Crippen LogP contribution in [0.25, 0.3) is 0 Å². The second kappa shape index (κ2) is 5.50. The third kappa shape index (κ3) is 3.09. The third-order valence-corrected chi connectivity index (χ3v) is 3.57. The molecule has 19 heavy (non-hydrogen) atoms. The molecule has 0 aliphatic carbocycles. The van der Waals surface area contributed by atoms with Gasteiger partial charge < -0.3 is 5.32 Å². The van der Waals surface area contributed by atoms with Crippen LogP contribution in [-0.4, -0.2) is 4.92 Å². The number of nitro benzene ring substituents is 1. The summed E-state index contributed by atoms with van der Waals surface area (Å²) in [6.45, 7) is 2.55. The number of thiophene rings is 1. The lowest BCUT2D eigenvalue weighted by molar-refractivity contribution is -0.384. The summed E-state index contributed by atoms with van der Waals surface area (Å²) in [5, 5.41) is 22.8. The molecule has 0 aliphatic heterocycles. The molecule has 0 fully saturated rings. The van der Waals surface area contributed by atoms with Gasteiger partial charge in [-0.1, -0.05) is 0 Å². The number of aryl methyl sites for hydroxylation is 1. The smallest absolute Gasteiger partial charge is 0.293 e. The van der Waals surface area contributed by atoms with Crippen LogP contribution in [0.1, 0.15) is 15.3 Å². The average Bonchev–Trinajstić information content (AvgIpc) is 2.82. The summed E-state index contributed by atoms with van der Waals surface area (Å²) in [5.41, 5.74) is 0.631. The molecule has 96 valence electrons. The van der Waals surface area contributed by atoms with Gasteiger partial charge in [0.05, 0.1) is 16.6 Å². The van der Waals surface area contributed by atoms with Gasteiger partial charge in [0.15, 0.2) is 0 Å². The molecule has 2 aromatic rings. The molecule has 0 radical (unpaired) electrons. The first-order chi connectivity index (χ1) is 9.10. The monoisotopic (exact) mass is 273 g/mol. The standard InChI is InChI=1S/C13H11N3O2S/c1-9-2-4-11(19-9)8-15-12-5-3-10(7-14)6-13(12)16(17)18/h2-6,15H,8H2,1H3. The molecule has 0 saturated carbocycles. The van der Waals surface area contributed by atoms with Crippen LogP contribution in [0.2, 0.25) is 0 Å². The second-order valence-corrected chi connectivity index (χ2v) is 5.34. The zero-order valence-electron chi connectivity index (χ0n) is 10.2. The lowest BCUT2D eigenvalue weighted by Crippen LogP contribution is -2.01. The van der Waals surface area contributed by atoms with E-state index < -0.39 is 4.92 Å². The predicted molar refractivity (Wildman–Crippen MR) is 74.2 cm³/mol. The van der Waals surface area contributed by atoms with Gasteiger partial charge in [-0.05, 0) is 31.2 Å². The molecule has 5 nitrogen and oxygen atoms in total. The Kier molecular flexibility index (Phi) is 3.78. The molecule has 1 aromatic heterocycles. The van der Waals surface area contributed by atoms with Crippen molar-refractivity contribution >= 4 is 22.7 Å². The first-order valence-corrected chi connectivity index (χ1v) is 6.39. The van der Waals surface area contributed by atoms with E-state index in [2.05, 4.69) is 5.32 Å². The molecule has 0 spiro atoms. The Morgan fingerprint density at radius 1 is 1.42 bits per heavy atom. The number of nitriles is 1. The van der Waals surface area contributed by atoms with Gasteiger partial charge in [-0.2, -0.15) is 5.26 Å². The molecule has 1 heterocycles. The van der Waals surface area contributed by atoms with E-state index in [0.29, 0.717) is 12.2 Å². The fourth-order valence-electron chi connectivity index (χ4n) is 1.66. The first kappa shape index (κ1) is 13.1. The Bertz CT molecular complexity index is 658. The van der Waals surface area contributed by atoms with E-state index in [-0.39, 0.29) is 11.3 Å². The van der Waals surface area contributed by atoms with Gasteiger partial charge in [-0.15, -0.1) is 11.3 Å². The number of nitro groups is 1. The molecule has 0 unspecified atom stereocenters. The fraction of sp³-hybridized carbons (Fsp3) is 0.154. The zero-order chi connectivity index (χ0) is 13.8. The Labute approximate surface area is 114 Å². The van der Waals surface area contributed by atoms with Crippen LogP contribution in [0.3, 0.4) is 0 Å². The number of hydrogen-bond acceptors (Lipinski definition) is 5. The minimum absolute atomic E-state index is 0.0765. The van der Waals surface area contributed by atoms with Gasteiger partial charge in [-0.25, -0.2) is 0 Å². The summed E-state index contributed by atoms with van der Waals surface area (Å²) in [6.07, 6.45) is 0. The quantitative estimate of drug-likeness (QED) is 0.683. The summed E-state index contributed by atoms with van der Waals surface area (Å²) in [7, 11) is 0. The van der Waals surface area contributed by atoms with E-state index in [1.165, 1.54) is 10.9 Å². The molecular weight excluding hydrogens is 262 g/mol. The van der Waals surface area contributed by atoms with Crippen molar-refractivity contribution in [2.24, 2.45) is 0 Å². The van der Waals surface area contributed by atoms with Crippen molar-refractivity contribution in [3.8, 4) is 6.07 Å². The van der Waals surface area contributed by atoms with Crippen LogP contribution in [0.5, 0.6) is 0 Å². The van der Waals surface area contributed by atoms with Crippen molar-refractivity contribution in [3.05, 3.63) is 55.8 Å². The van der Waals surface area contributed by atoms with Gasteiger partial charge in [0.2, 0.25) is 0 Å². The SMILES string of the molecule is Cc1ccc(CNc2ccc(C#N)cc2[N+](=O)[O-])s1. The highest BCUT2D eigenvalue weighted by Crippen LogP contribution is 2.26. The van der Waals surface area contributed by atoms with Crippen molar-refractivity contribution in [2.45, 2.75) is 13.5 Å². The van der Waals surface area contributed by atoms with Crippen molar-refractivity contribution in [1.82, 2.24) is 0 Å². The van der Waals surface area contributed by atoms with Crippen molar-refractivity contribution in [2.75, 3.05) is 5.32 Å². The van der Waals surface area contributed by atoms with Crippen LogP contribution in [0, 0.1) is 28.4 Å². The van der Waals surface area contributed by atoms with Crippen LogP contribution in [-0.2, 0) is 6.54 Å². The molecule has 0 amide bonds. The van der Waals surface area contributed by atoms with E-state index in [1.54, 1.807) is 23.5 Å². The highest BCUT2D eigenvalue weighted by molar-refractivity contribution is 7.11. The largest absolute Gasteiger partial charge is 0.375 e. The Morgan fingerprint density at radius 3 is 2.79 bits per heavy atom. The molecule has 0 saturated heterocycles. The molecule has 0 aliphatic rings. The van der Waals surface area contributed by atoms with Crippen molar-refractivity contribution in [1.29, 1.82) is 5.26 Å². The topological polar surface area (TPSA) is 79.0 Å². The lowest BCUT2D eigenvalue weighted by atomic mass is 10.2. The van der Waals surface area contributed by atoms with E-state index >= 15 is 0 Å². The third-order valence-electron chi connectivity index (χ3n) is 2.57.